The zero-order valence-electron chi connectivity index (χ0n) is 23.8. The number of aromatic nitrogens is 3. The van der Waals surface area contributed by atoms with E-state index >= 15 is 0 Å². The number of carbonyl (C=O) groups is 1. The fourth-order valence-electron chi connectivity index (χ4n) is 4.83. The quantitative estimate of drug-likeness (QED) is 0.261. The van der Waals surface area contributed by atoms with Crippen molar-refractivity contribution in [2.45, 2.75) is 32.9 Å². The Labute approximate surface area is 241 Å². The Morgan fingerprint density at radius 3 is 2.51 bits per heavy atom. The van der Waals surface area contributed by atoms with E-state index < -0.39 is 0 Å². The number of carbonyl (C=O) groups excluding carboxylic acids is 1. The summed E-state index contributed by atoms with van der Waals surface area (Å²) in [6.07, 6.45) is 6.26. The first-order valence-electron chi connectivity index (χ1n) is 14.1. The first kappa shape index (κ1) is 28.4. The molecule has 0 spiro atoms. The van der Waals surface area contributed by atoms with Crippen LogP contribution in [0.2, 0.25) is 0 Å². The molecule has 0 aliphatic carbocycles. The number of benzene rings is 2. The number of nitrogens with one attached hydrogen (secondary N) is 2. The molecule has 5 rings (SSSR count). The number of hydrogen-bond acceptors (Lipinski definition) is 8. The summed E-state index contributed by atoms with van der Waals surface area (Å²) < 4.78 is 0. The molecule has 0 bridgehead atoms. The van der Waals surface area contributed by atoms with Gasteiger partial charge in [-0.3, -0.25) is 14.7 Å². The average molecular weight is 551 g/mol. The molecule has 212 valence electrons. The standard InChI is InChI=1S/C32H38N8O/c1-23-5-10-28(20-30(23)38-32-35-14-11-29(37-32)27-4-3-13-34-21-27)36-31(41)26-8-6-25(7-9-26)22-40-18-16-39(17-19-40)15-12-24(2)33/h3-11,13-14,20-21,24H,12,15-19,22,33H2,1-2H3,(H,36,41)(H,35,37,38). The molecule has 4 aromatic rings. The van der Waals surface area contributed by atoms with Crippen LogP contribution in [0.1, 0.15) is 34.8 Å². The fraction of sp³-hybridized carbons (Fsp3) is 0.312. The van der Waals surface area contributed by atoms with Crippen molar-refractivity contribution in [3.63, 3.8) is 0 Å². The summed E-state index contributed by atoms with van der Waals surface area (Å²) in [4.78, 5) is 31.2. The molecule has 41 heavy (non-hydrogen) atoms. The van der Waals surface area contributed by atoms with Gasteiger partial charge in [-0.2, -0.15) is 0 Å². The molecule has 1 saturated heterocycles. The number of nitrogens with two attached hydrogens (primary N) is 1. The van der Waals surface area contributed by atoms with Gasteiger partial charge in [-0.1, -0.05) is 18.2 Å². The van der Waals surface area contributed by atoms with Crippen LogP contribution < -0.4 is 16.4 Å². The first-order chi connectivity index (χ1) is 19.9. The smallest absolute Gasteiger partial charge is 0.255 e. The lowest BCUT2D eigenvalue weighted by molar-refractivity contribution is 0.102. The summed E-state index contributed by atoms with van der Waals surface area (Å²) in [5, 5.41) is 6.31. The lowest BCUT2D eigenvalue weighted by Gasteiger charge is -2.35. The largest absolute Gasteiger partial charge is 0.328 e. The van der Waals surface area contributed by atoms with Gasteiger partial charge in [0.05, 0.1) is 5.69 Å². The van der Waals surface area contributed by atoms with Crippen molar-refractivity contribution in [3.8, 4) is 11.3 Å². The summed E-state index contributed by atoms with van der Waals surface area (Å²) >= 11 is 0. The number of aryl methyl sites for hydroxylation is 1. The maximum atomic E-state index is 13.0. The van der Waals surface area contributed by atoms with E-state index in [1.807, 2.05) is 67.6 Å². The van der Waals surface area contributed by atoms with Gasteiger partial charge in [-0.05, 0) is 80.4 Å². The molecule has 1 unspecified atom stereocenters. The van der Waals surface area contributed by atoms with Gasteiger partial charge < -0.3 is 21.3 Å². The normalized spacial score (nSPS) is 14.9. The maximum absolute atomic E-state index is 13.0. The van der Waals surface area contributed by atoms with E-state index in [-0.39, 0.29) is 11.9 Å². The molecule has 1 amide bonds. The van der Waals surface area contributed by atoms with Crippen molar-refractivity contribution in [1.29, 1.82) is 0 Å². The van der Waals surface area contributed by atoms with Gasteiger partial charge in [0.15, 0.2) is 0 Å². The Kier molecular flexibility index (Phi) is 9.30. The SMILES string of the molecule is Cc1ccc(NC(=O)c2ccc(CN3CCN(CCC(C)N)CC3)cc2)cc1Nc1nccc(-c2cccnc2)n1. The third-order valence-corrected chi connectivity index (χ3v) is 7.34. The Bertz CT molecular complexity index is 1430. The van der Waals surface area contributed by atoms with E-state index in [9.17, 15) is 4.79 Å². The number of anilines is 3. The van der Waals surface area contributed by atoms with Gasteiger partial charge in [-0.25, -0.2) is 9.97 Å². The van der Waals surface area contributed by atoms with Crippen molar-refractivity contribution < 1.29 is 4.79 Å². The number of piperazine rings is 1. The van der Waals surface area contributed by atoms with E-state index in [1.54, 1.807) is 18.6 Å². The van der Waals surface area contributed by atoms with Crippen molar-refractivity contribution in [2.24, 2.45) is 5.73 Å². The molecule has 1 aliphatic rings. The van der Waals surface area contributed by atoms with Crippen LogP contribution in [0.15, 0.2) is 79.3 Å². The number of rotatable bonds is 10. The van der Waals surface area contributed by atoms with E-state index in [1.165, 1.54) is 5.56 Å². The number of amides is 1. The van der Waals surface area contributed by atoms with Crippen LogP contribution in [0.25, 0.3) is 11.3 Å². The van der Waals surface area contributed by atoms with Crippen molar-refractivity contribution in [1.82, 2.24) is 24.8 Å². The Morgan fingerprint density at radius 1 is 1.00 bits per heavy atom. The zero-order chi connectivity index (χ0) is 28.6. The molecular formula is C32H38N8O. The molecule has 0 radical (unpaired) electrons. The molecule has 2 aromatic heterocycles. The highest BCUT2D eigenvalue weighted by atomic mass is 16.1. The summed E-state index contributed by atoms with van der Waals surface area (Å²) in [7, 11) is 0. The molecule has 4 N–H and O–H groups in total. The fourth-order valence-corrected chi connectivity index (χ4v) is 4.83. The highest BCUT2D eigenvalue weighted by molar-refractivity contribution is 6.04. The molecule has 0 saturated carbocycles. The van der Waals surface area contributed by atoms with Crippen LogP contribution >= 0.6 is 0 Å². The summed E-state index contributed by atoms with van der Waals surface area (Å²) in [5.74, 6) is 0.323. The second-order valence-corrected chi connectivity index (χ2v) is 10.7. The second kappa shape index (κ2) is 13.5. The molecule has 3 heterocycles. The lowest BCUT2D eigenvalue weighted by atomic mass is 10.1. The van der Waals surface area contributed by atoms with Crippen LogP contribution in [0.5, 0.6) is 0 Å². The molecule has 1 fully saturated rings. The van der Waals surface area contributed by atoms with Crippen LogP contribution in [-0.4, -0.2) is 69.4 Å². The number of nitrogens with zero attached hydrogens (tertiary/aromatic N) is 5. The topological polar surface area (TPSA) is 112 Å². The third-order valence-electron chi connectivity index (χ3n) is 7.34. The average Bonchev–Trinajstić information content (AvgIpc) is 2.99. The van der Waals surface area contributed by atoms with Crippen molar-refractivity contribution in [2.75, 3.05) is 43.4 Å². The Balaban J connectivity index is 1.17. The molecule has 9 nitrogen and oxygen atoms in total. The summed E-state index contributed by atoms with van der Waals surface area (Å²) in [6, 6.07) is 19.6. The van der Waals surface area contributed by atoms with Crippen molar-refractivity contribution >= 4 is 23.2 Å². The molecule has 2 aromatic carbocycles. The first-order valence-corrected chi connectivity index (χ1v) is 14.1. The van der Waals surface area contributed by atoms with Gasteiger partial charge in [-0.15, -0.1) is 0 Å². The predicted octanol–water partition coefficient (Wildman–Crippen LogP) is 4.70. The van der Waals surface area contributed by atoms with Crippen LogP contribution in [0.4, 0.5) is 17.3 Å². The summed E-state index contributed by atoms with van der Waals surface area (Å²) in [5.41, 5.74) is 11.9. The molecule has 1 aliphatic heterocycles. The van der Waals surface area contributed by atoms with Crippen LogP contribution in [0.3, 0.4) is 0 Å². The maximum Gasteiger partial charge on any atom is 0.255 e. The minimum atomic E-state index is -0.149. The van der Waals surface area contributed by atoms with E-state index in [4.69, 9.17) is 5.73 Å². The highest BCUT2D eigenvalue weighted by Crippen LogP contribution is 2.25. The van der Waals surface area contributed by atoms with E-state index in [2.05, 4.69) is 42.3 Å². The monoisotopic (exact) mass is 550 g/mol. The lowest BCUT2D eigenvalue weighted by Crippen LogP contribution is -2.46. The minimum absolute atomic E-state index is 0.149. The summed E-state index contributed by atoms with van der Waals surface area (Å²) in [6.45, 7) is 10.3. The van der Waals surface area contributed by atoms with Gasteiger partial charge >= 0.3 is 0 Å². The van der Waals surface area contributed by atoms with Crippen molar-refractivity contribution in [3.05, 3.63) is 95.9 Å². The second-order valence-electron chi connectivity index (χ2n) is 10.7. The molecule has 9 heteroatoms. The van der Waals surface area contributed by atoms with E-state index in [0.717, 1.165) is 68.2 Å². The Hall–Kier alpha value is -4.18. The third kappa shape index (κ3) is 7.94. The Morgan fingerprint density at radius 2 is 1.78 bits per heavy atom. The highest BCUT2D eigenvalue weighted by Gasteiger charge is 2.17. The minimum Gasteiger partial charge on any atom is -0.328 e. The van der Waals surface area contributed by atoms with Gasteiger partial charge in [0, 0.05) is 79.9 Å². The molecule has 1 atom stereocenters. The number of pyridine rings is 1. The zero-order valence-corrected chi connectivity index (χ0v) is 23.8. The van der Waals surface area contributed by atoms with Crippen LogP contribution in [-0.2, 0) is 6.54 Å². The van der Waals surface area contributed by atoms with Crippen LogP contribution in [0, 0.1) is 6.92 Å². The number of hydrogen-bond donors (Lipinski definition) is 3. The van der Waals surface area contributed by atoms with Gasteiger partial charge in [0.25, 0.3) is 5.91 Å². The van der Waals surface area contributed by atoms with Gasteiger partial charge in [0.1, 0.15) is 0 Å². The molecular weight excluding hydrogens is 512 g/mol. The van der Waals surface area contributed by atoms with Gasteiger partial charge in [0.2, 0.25) is 5.95 Å². The predicted molar refractivity (Wildman–Crippen MR) is 164 cm³/mol. The van der Waals surface area contributed by atoms with E-state index in [0.29, 0.717) is 17.2 Å².